The lowest BCUT2D eigenvalue weighted by Crippen LogP contribution is -2.42. The fourth-order valence-corrected chi connectivity index (χ4v) is 4.04. The standard InChI is InChI=1S/C17H34N2/c1-4-18-15-9-10-17(13-15)19(12-11-14(2)3)16-7-5-6-8-16/h14-18H,4-13H2,1-3H3. The summed E-state index contributed by atoms with van der Waals surface area (Å²) in [7, 11) is 0. The topological polar surface area (TPSA) is 15.3 Å². The molecule has 2 aliphatic carbocycles. The number of rotatable bonds is 7. The van der Waals surface area contributed by atoms with Crippen LogP contribution < -0.4 is 5.32 Å². The molecule has 0 saturated heterocycles. The molecule has 2 rings (SSSR count). The van der Waals surface area contributed by atoms with E-state index in [4.69, 9.17) is 0 Å². The first-order valence-corrected chi connectivity index (χ1v) is 8.69. The zero-order chi connectivity index (χ0) is 13.7. The van der Waals surface area contributed by atoms with Gasteiger partial charge in [0.05, 0.1) is 0 Å². The number of hydrogen-bond donors (Lipinski definition) is 1. The van der Waals surface area contributed by atoms with Crippen molar-refractivity contribution in [2.24, 2.45) is 5.92 Å². The molecule has 1 N–H and O–H groups in total. The van der Waals surface area contributed by atoms with Crippen LogP contribution in [0.5, 0.6) is 0 Å². The van der Waals surface area contributed by atoms with Crippen molar-refractivity contribution in [2.75, 3.05) is 13.1 Å². The molecule has 0 aromatic carbocycles. The first-order chi connectivity index (χ1) is 9.20. The summed E-state index contributed by atoms with van der Waals surface area (Å²) in [6.45, 7) is 9.44. The van der Waals surface area contributed by atoms with Crippen molar-refractivity contribution >= 4 is 0 Å². The maximum Gasteiger partial charge on any atom is 0.0114 e. The van der Waals surface area contributed by atoms with E-state index in [1.54, 1.807) is 0 Å². The van der Waals surface area contributed by atoms with Crippen molar-refractivity contribution in [3.05, 3.63) is 0 Å². The molecule has 2 saturated carbocycles. The van der Waals surface area contributed by atoms with Crippen molar-refractivity contribution < 1.29 is 0 Å². The van der Waals surface area contributed by atoms with Crippen molar-refractivity contribution in [3.63, 3.8) is 0 Å². The highest BCUT2D eigenvalue weighted by Gasteiger charge is 2.33. The summed E-state index contributed by atoms with van der Waals surface area (Å²) < 4.78 is 0. The van der Waals surface area contributed by atoms with Crippen molar-refractivity contribution in [3.8, 4) is 0 Å². The second-order valence-corrected chi connectivity index (χ2v) is 7.08. The van der Waals surface area contributed by atoms with Gasteiger partial charge in [0.1, 0.15) is 0 Å². The summed E-state index contributed by atoms with van der Waals surface area (Å²) in [5, 5.41) is 3.66. The van der Waals surface area contributed by atoms with E-state index in [1.165, 1.54) is 57.9 Å². The van der Waals surface area contributed by atoms with Gasteiger partial charge in [-0.1, -0.05) is 33.6 Å². The summed E-state index contributed by atoms with van der Waals surface area (Å²) >= 11 is 0. The number of nitrogens with one attached hydrogen (secondary N) is 1. The Bertz CT molecular complexity index is 246. The van der Waals surface area contributed by atoms with E-state index in [0.717, 1.165) is 30.6 Å². The van der Waals surface area contributed by atoms with Gasteiger partial charge in [-0.15, -0.1) is 0 Å². The predicted molar refractivity (Wildman–Crippen MR) is 83.5 cm³/mol. The third-order valence-corrected chi connectivity index (χ3v) is 5.13. The molecule has 0 heterocycles. The van der Waals surface area contributed by atoms with Crippen molar-refractivity contribution in [1.82, 2.24) is 10.2 Å². The molecule has 2 aliphatic rings. The highest BCUT2D eigenvalue weighted by molar-refractivity contribution is 4.90. The van der Waals surface area contributed by atoms with Gasteiger partial charge in [-0.3, -0.25) is 4.90 Å². The minimum absolute atomic E-state index is 0.790. The summed E-state index contributed by atoms with van der Waals surface area (Å²) in [5.41, 5.74) is 0. The summed E-state index contributed by atoms with van der Waals surface area (Å²) in [5.74, 6) is 0.842. The van der Waals surface area contributed by atoms with Crippen LogP contribution >= 0.6 is 0 Å². The second kappa shape index (κ2) is 7.64. The Kier molecular flexibility index (Phi) is 6.15. The molecule has 0 bridgehead atoms. The number of nitrogens with zero attached hydrogens (tertiary/aromatic N) is 1. The van der Waals surface area contributed by atoms with Gasteiger partial charge in [0, 0.05) is 18.1 Å². The van der Waals surface area contributed by atoms with Gasteiger partial charge in [-0.05, 0) is 57.5 Å². The highest BCUT2D eigenvalue weighted by Crippen LogP contribution is 2.32. The van der Waals surface area contributed by atoms with Crippen LogP contribution in [0.2, 0.25) is 0 Å². The minimum Gasteiger partial charge on any atom is -0.314 e. The molecular weight excluding hydrogens is 232 g/mol. The molecule has 2 unspecified atom stereocenters. The smallest absolute Gasteiger partial charge is 0.0114 e. The molecule has 2 fully saturated rings. The van der Waals surface area contributed by atoms with Gasteiger partial charge in [0.2, 0.25) is 0 Å². The van der Waals surface area contributed by atoms with Crippen LogP contribution in [0.25, 0.3) is 0 Å². The normalized spacial score (nSPS) is 28.9. The predicted octanol–water partition coefficient (Wildman–Crippen LogP) is 3.81. The molecular formula is C17H34N2. The summed E-state index contributed by atoms with van der Waals surface area (Å²) in [4.78, 5) is 2.91. The maximum absolute atomic E-state index is 3.66. The van der Waals surface area contributed by atoms with E-state index in [0.29, 0.717) is 0 Å². The maximum atomic E-state index is 3.66. The molecule has 0 amide bonds. The van der Waals surface area contributed by atoms with Gasteiger partial charge in [-0.2, -0.15) is 0 Å². The molecule has 0 aromatic heterocycles. The third-order valence-electron chi connectivity index (χ3n) is 5.13. The molecule has 0 aliphatic heterocycles. The molecule has 2 heteroatoms. The van der Waals surface area contributed by atoms with E-state index in [9.17, 15) is 0 Å². The highest BCUT2D eigenvalue weighted by atomic mass is 15.2. The largest absolute Gasteiger partial charge is 0.314 e. The van der Waals surface area contributed by atoms with Crippen LogP contribution in [0.3, 0.4) is 0 Å². The Morgan fingerprint density at radius 1 is 1.05 bits per heavy atom. The lowest BCUT2D eigenvalue weighted by atomic mass is 10.1. The average Bonchev–Trinajstić information content (AvgIpc) is 3.01. The van der Waals surface area contributed by atoms with Gasteiger partial charge >= 0.3 is 0 Å². The van der Waals surface area contributed by atoms with Crippen LogP contribution in [-0.2, 0) is 0 Å². The SMILES string of the molecule is CCNC1CCC(N(CCC(C)C)C2CCCC2)C1. The van der Waals surface area contributed by atoms with Crippen LogP contribution in [-0.4, -0.2) is 36.1 Å². The monoisotopic (exact) mass is 266 g/mol. The van der Waals surface area contributed by atoms with E-state index in [1.807, 2.05) is 0 Å². The van der Waals surface area contributed by atoms with E-state index in [2.05, 4.69) is 31.0 Å². The third kappa shape index (κ3) is 4.46. The zero-order valence-corrected chi connectivity index (χ0v) is 13.3. The van der Waals surface area contributed by atoms with E-state index in [-0.39, 0.29) is 0 Å². The van der Waals surface area contributed by atoms with Crippen LogP contribution in [0, 0.1) is 5.92 Å². The lowest BCUT2D eigenvalue weighted by Gasteiger charge is -2.35. The van der Waals surface area contributed by atoms with Crippen LogP contribution in [0.4, 0.5) is 0 Å². The van der Waals surface area contributed by atoms with Crippen molar-refractivity contribution in [2.45, 2.75) is 90.3 Å². The molecule has 0 radical (unpaired) electrons. The summed E-state index contributed by atoms with van der Waals surface area (Å²) in [6.07, 6.45) is 11.4. The lowest BCUT2D eigenvalue weighted by molar-refractivity contribution is 0.128. The summed E-state index contributed by atoms with van der Waals surface area (Å²) in [6, 6.07) is 2.56. The van der Waals surface area contributed by atoms with Crippen LogP contribution in [0.1, 0.15) is 72.1 Å². The van der Waals surface area contributed by atoms with Gasteiger partial charge in [-0.25, -0.2) is 0 Å². The Hall–Kier alpha value is -0.0800. The van der Waals surface area contributed by atoms with Crippen molar-refractivity contribution in [1.29, 1.82) is 0 Å². The Morgan fingerprint density at radius 3 is 2.42 bits per heavy atom. The van der Waals surface area contributed by atoms with Gasteiger partial charge in [0.25, 0.3) is 0 Å². The second-order valence-electron chi connectivity index (χ2n) is 7.08. The first kappa shape index (κ1) is 15.3. The first-order valence-electron chi connectivity index (χ1n) is 8.69. The van der Waals surface area contributed by atoms with Crippen LogP contribution in [0.15, 0.2) is 0 Å². The quantitative estimate of drug-likeness (QED) is 0.754. The molecule has 2 nitrogen and oxygen atoms in total. The fraction of sp³-hybridized carbons (Fsp3) is 1.00. The van der Waals surface area contributed by atoms with E-state index >= 15 is 0 Å². The minimum atomic E-state index is 0.790. The Labute approximate surface area is 120 Å². The van der Waals surface area contributed by atoms with Gasteiger partial charge < -0.3 is 5.32 Å². The average molecular weight is 266 g/mol. The Morgan fingerprint density at radius 2 is 1.79 bits per heavy atom. The fourth-order valence-electron chi connectivity index (χ4n) is 4.04. The van der Waals surface area contributed by atoms with Gasteiger partial charge in [0.15, 0.2) is 0 Å². The number of hydrogen-bond acceptors (Lipinski definition) is 2. The molecule has 19 heavy (non-hydrogen) atoms. The molecule has 0 aromatic rings. The molecule has 112 valence electrons. The zero-order valence-electron chi connectivity index (χ0n) is 13.3. The molecule has 0 spiro atoms. The molecule has 2 atom stereocenters. The van der Waals surface area contributed by atoms with E-state index < -0.39 is 0 Å². The Balaban J connectivity index is 1.89.